The van der Waals surface area contributed by atoms with Crippen molar-refractivity contribution in [3.8, 4) is 0 Å². The van der Waals surface area contributed by atoms with Crippen LogP contribution in [0, 0.1) is 0 Å². The van der Waals surface area contributed by atoms with E-state index in [2.05, 4.69) is 15.3 Å². The molecule has 4 heteroatoms. The standard InChI is InChI=1S/C7H10N4/c8-7-4-10-5-1-2-9-3-6(5)11-7/h4,9H,1-3H2,(H2,8,11). The van der Waals surface area contributed by atoms with Gasteiger partial charge in [0.15, 0.2) is 0 Å². The minimum Gasteiger partial charge on any atom is -0.382 e. The van der Waals surface area contributed by atoms with Gasteiger partial charge in [0.25, 0.3) is 0 Å². The molecule has 0 saturated heterocycles. The third-order valence-electron chi connectivity index (χ3n) is 1.78. The number of nitrogen functional groups attached to an aromatic ring is 1. The lowest BCUT2D eigenvalue weighted by Crippen LogP contribution is -2.25. The summed E-state index contributed by atoms with van der Waals surface area (Å²) in [7, 11) is 0. The molecule has 4 nitrogen and oxygen atoms in total. The number of hydrogen-bond acceptors (Lipinski definition) is 4. The molecule has 0 radical (unpaired) electrons. The summed E-state index contributed by atoms with van der Waals surface area (Å²) >= 11 is 0. The molecule has 0 amide bonds. The van der Waals surface area contributed by atoms with Gasteiger partial charge in [0.1, 0.15) is 5.82 Å². The van der Waals surface area contributed by atoms with E-state index in [1.54, 1.807) is 6.20 Å². The Balaban J connectivity index is 2.43. The second-order valence-electron chi connectivity index (χ2n) is 2.62. The van der Waals surface area contributed by atoms with E-state index in [1.165, 1.54) is 0 Å². The van der Waals surface area contributed by atoms with Gasteiger partial charge in [-0.05, 0) is 0 Å². The van der Waals surface area contributed by atoms with Gasteiger partial charge >= 0.3 is 0 Å². The van der Waals surface area contributed by atoms with Crippen molar-refractivity contribution >= 4 is 5.82 Å². The number of nitrogens with two attached hydrogens (primary N) is 1. The van der Waals surface area contributed by atoms with Gasteiger partial charge in [0, 0.05) is 19.5 Å². The highest BCUT2D eigenvalue weighted by Crippen LogP contribution is 2.08. The first-order chi connectivity index (χ1) is 5.36. The molecule has 1 aromatic heterocycles. The van der Waals surface area contributed by atoms with E-state index < -0.39 is 0 Å². The van der Waals surface area contributed by atoms with Gasteiger partial charge in [-0.3, -0.25) is 4.98 Å². The lowest BCUT2D eigenvalue weighted by atomic mass is 10.2. The highest BCUT2D eigenvalue weighted by molar-refractivity contribution is 5.28. The zero-order valence-corrected chi connectivity index (χ0v) is 6.17. The smallest absolute Gasteiger partial charge is 0.142 e. The van der Waals surface area contributed by atoms with E-state index in [0.29, 0.717) is 5.82 Å². The van der Waals surface area contributed by atoms with Crippen molar-refractivity contribution in [3.63, 3.8) is 0 Å². The third-order valence-corrected chi connectivity index (χ3v) is 1.78. The van der Waals surface area contributed by atoms with E-state index in [0.717, 1.165) is 30.9 Å². The zero-order chi connectivity index (χ0) is 7.68. The molecular weight excluding hydrogens is 140 g/mol. The Morgan fingerprint density at radius 3 is 3.27 bits per heavy atom. The van der Waals surface area contributed by atoms with Crippen molar-refractivity contribution in [2.24, 2.45) is 0 Å². The maximum atomic E-state index is 5.48. The van der Waals surface area contributed by atoms with Crippen LogP contribution in [0.4, 0.5) is 5.82 Å². The molecule has 1 aliphatic rings. The molecule has 0 atom stereocenters. The zero-order valence-electron chi connectivity index (χ0n) is 6.17. The summed E-state index contributed by atoms with van der Waals surface area (Å²) in [5.74, 6) is 0.507. The number of nitrogens with one attached hydrogen (secondary N) is 1. The predicted molar refractivity (Wildman–Crippen MR) is 41.9 cm³/mol. The van der Waals surface area contributed by atoms with Crippen molar-refractivity contribution in [1.82, 2.24) is 15.3 Å². The van der Waals surface area contributed by atoms with Crippen LogP contribution in [-0.2, 0) is 13.0 Å². The summed E-state index contributed by atoms with van der Waals surface area (Å²) in [5, 5.41) is 3.21. The van der Waals surface area contributed by atoms with Crippen molar-refractivity contribution < 1.29 is 0 Å². The maximum absolute atomic E-state index is 5.48. The Hall–Kier alpha value is -1.16. The van der Waals surface area contributed by atoms with E-state index >= 15 is 0 Å². The third kappa shape index (κ3) is 1.17. The second kappa shape index (κ2) is 2.47. The molecule has 0 saturated carbocycles. The molecule has 0 aromatic carbocycles. The Morgan fingerprint density at radius 2 is 2.36 bits per heavy atom. The minimum atomic E-state index is 0.507. The molecule has 11 heavy (non-hydrogen) atoms. The molecule has 0 unspecified atom stereocenters. The highest BCUT2D eigenvalue weighted by Gasteiger charge is 2.10. The van der Waals surface area contributed by atoms with Crippen LogP contribution in [0.3, 0.4) is 0 Å². The number of rotatable bonds is 0. The molecule has 3 N–H and O–H groups in total. The average Bonchev–Trinajstić information content (AvgIpc) is 2.04. The topological polar surface area (TPSA) is 63.8 Å². The van der Waals surface area contributed by atoms with Crippen LogP contribution in [0.15, 0.2) is 6.20 Å². The van der Waals surface area contributed by atoms with Gasteiger partial charge in [0.2, 0.25) is 0 Å². The first-order valence-electron chi connectivity index (χ1n) is 3.67. The van der Waals surface area contributed by atoms with E-state index in [-0.39, 0.29) is 0 Å². The van der Waals surface area contributed by atoms with E-state index in [4.69, 9.17) is 5.73 Å². The fourth-order valence-electron chi connectivity index (χ4n) is 1.23. The minimum absolute atomic E-state index is 0.507. The molecule has 2 heterocycles. The van der Waals surface area contributed by atoms with E-state index in [9.17, 15) is 0 Å². The lowest BCUT2D eigenvalue weighted by Gasteiger charge is -2.14. The van der Waals surface area contributed by atoms with Crippen LogP contribution < -0.4 is 11.1 Å². The Labute approximate surface area is 64.8 Å². The first-order valence-corrected chi connectivity index (χ1v) is 3.67. The van der Waals surface area contributed by atoms with Crippen molar-refractivity contribution in [3.05, 3.63) is 17.6 Å². The van der Waals surface area contributed by atoms with Gasteiger partial charge in [-0.15, -0.1) is 0 Å². The molecule has 58 valence electrons. The van der Waals surface area contributed by atoms with Gasteiger partial charge in [0.05, 0.1) is 17.6 Å². The van der Waals surface area contributed by atoms with Crippen LogP contribution in [-0.4, -0.2) is 16.5 Å². The van der Waals surface area contributed by atoms with E-state index in [1.807, 2.05) is 0 Å². The lowest BCUT2D eigenvalue weighted by molar-refractivity contribution is 0.614. The van der Waals surface area contributed by atoms with Gasteiger partial charge in [-0.25, -0.2) is 4.98 Å². The monoisotopic (exact) mass is 150 g/mol. The van der Waals surface area contributed by atoms with Crippen LogP contribution in [0.25, 0.3) is 0 Å². The van der Waals surface area contributed by atoms with Crippen LogP contribution in [0.1, 0.15) is 11.4 Å². The number of nitrogens with zero attached hydrogens (tertiary/aromatic N) is 2. The molecule has 2 rings (SSSR count). The number of aromatic nitrogens is 2. The molecule has 1 aliphatic heterocycles. The van der Waals surface area contributed by atoms with Gasteiger partial charge in [-0.2, -0.15) is 0 Å². The Bertz CT molecular complexity index is 271. The SMILES string of the molecule is Nc1cnc2c(n1)CNCC2. The van der Waals surface area contributed by atoms with Gasteiger partial charge in [-0.1, -0.05) is 0 Å². The largest absolute Gasteiger partial charge is 0.382 e. The summed E-state index contributed by atoms with van der Waals surface area (Å²) in [4.78, 5) is 8.36. The molecule has 0 spiro atoms. The first kappa shape index (κ1) is 6.54. The van der Waals surface area contributed by atoms with Gasteiger partial charge < -0.3 is 11.1 Å². The van der Waals surface area contributed by atoms with Crippen molar-refractivity contribution in [2.75, 3.05) is 12.3 Å². The molecule has 0 bridgehead atoms. The second-order valence-corrected chi connectivity index (χ2v) is 2.62. The van der Waals surface area contributed by atoms with Crippen LogP contribution in [0.5, 0.6) is 0 Å². The number of anilines is 1. The highest BCUT2D eigenvalue weighted by atomic mass is 15.0. The fourth-order valence-corrected chi connectivity index (χ4v) is 1.23. The number of fused-ring (bicyclic) bond motifs is 1. The molecule has 0 aliphatic carbocycles. The van der Waals surface area contributed by atoms with Crippen molar-refractivity contribution in [1.29, 1.82) is 0 Å². The Kier molecular flexibility index (Phi) is 1.47. The number of hydrogen-bond donors (Lipinski definition) is 2. The van der Waals surface area contributed by atoms with Crippen LogP contribution in [0.2, 0.25) is 0 Å². The Morgan fingerprint density at radius 1 is 1.45 bits per heavy atom. The average molecular weight is 150 g/mol. The van der Waals surface area contributed by atoms with Crippen molar-refractivity contribution in [2.45, 2.75) is 13.0 Å². The quantitative estimate of drug-likeness (QED) is 0.533. The predicted octanol–water partition coefficient (Wildman–Crippen LogP) is -0.296. The normalized spacial score (nSPS) is 16.0. The summed E-state index contributed by atoms with van der Waals surface area (Å²) in [6, 6.07) is 0. The fraction of sp³-hybridized carbons (Fsp3) is 0.429. The van der Waals surface area contributed by atoms with Crippen LogP contribution >= 0.6 is 0 Å². The summed E-state index contributed by atoms with van der Waals surface area (Å²) in [6.45, 7) is 1.79. The summed E-state index contributed by atoms with van der Waals surface area (Å²) in [5.41, 5.74) is 7.56. The summed E-state index contributed by atoms with van der Waals surface area (Å²) < 4.78 is 0. The molecule has 0 fully saturated rings. The maximum Gasteiger partial charge on any atom is 0.142 e. The molecular formula is C7H10N4. The summed E-state index contributed by atoms with van der Waals surface area (Å²) in [6.07, 6.45) is 2.58. The molecule has 1 aromatic rings.